The summed E-state index contributed by atoms with van der Waals surface area (Å²) >= 11 is 6.12. The Morgan fingerprint density at radius 3 is 2.92 bits per heavy atom. The second-order valence-corrected chi connectivity index (χ2v) is 4.55. The lowest BCUT2D eigenvalue weighted by molar-refractivity contribution is 1.10. The van der Waals surface area contributed by atoms with Gasteiger partial charge >= 0.3 is 0 Å². The van der Waals surface area contributed by atoms with Crippen LogP contribution in [0.5, 0.6) is 0 Å². The number of nitrogens with two attached hydrogens (primary N) is 1. The Balaban J connectivity index is 2.78. The van der Waals surface area contributed by atoms with Crippen LogP contribution in [-0.4, -0.2) is 0 Å². The Morgan fingerprint density at radius 1 is 1.46 bits per heavy atom. The summed E-state index contributed by atoms with van der Waals surface area (Å²) in [6, 6.07) is 6.25. The maximum Gasteiger partial charge on any atom is 0.0869 e. The molecule has 0 saturated heterocycles. The molecule has 0 aliphatic heterocycles. The van der Waals surface area contributed by atoms with E-state index in [1.165, 1.54) is 15.6 Å². The fraction of sp³-hybridized carbons (Fsp3) is 0.200. The highest BCUT2D eigenvalue weighted by atomic mass is 32.1. The average Bonchev–Trinajstić information content (AvgIpc) is 2.47. The van der Waals surface area contributed by atoms with Crippen molar-refractivity contribution in [1.29, 1.82) is 0 Å². The third-order valence-corrected chi connectivity index (χ3v) is 3.61. The van der Waals surface area contributed by atoms with Crippen molar-refractivity contribution in [3.63, 3.8) is 0 Å². The quantitative estimate of drug-likeness (QED) is 0.692. The maximum absolute atomic E-state index is 5.74. The molecule has 0 unspecified atom stereocenters. The van der Waals surface area contributed by atoms with Gasteiger partial charge in [-0.2, -0.15) is 0 Å². The smallest absolute Gasteiger partial charge is 0.0869 e. The molecular formula is C10H11NS2. The number of thiol groups is 1. The van der Waals surface area contributed by atoms with Crippen molar-refractivity contribution in [3.8, 4) is 0 Å². The van der Waals surface area contributed by atoms with Gasteiger partial charge in [0.05, 0.1) is 5.00 Å². The third-order valence-electron chi connectivity index (χ3n) is 2.16. The lowest BCUT2D eigenvalue weighted by atomic mass is 10.1. The molecule has 2 aromatic rings. The number of rotatable bonds is 1. The van der Waals surface area contributed by atoms with Crippen molar-refractivity contribution < 1.29 is 0 Å². The summed E-state index contributed by atoms with van der Waals surface area (Å²) in [6.07, 6.45) is 1.02. The molecule has 1 heterocycles. The van der Waals surface area contributed by atoms with Crippen LogP contribution in [0, 0.1) is 0 Å². The van der Waals surface area contributed by atoms with Gasteiger partial charge in [0.2, 0.25) is 0 Å². The summed E-state index contributed by atoms with van der Waals surface area (Å²) < 4.78 is 1.22. The Bertz CT molecular complexity index is 445. The van der Waals surface area contributed by atoms with Gasteiger partial charge in [-0.15, -0.1) is 24.0 Å². The minimum atomic E-state index is 0.860. The zero-order chi connectivity index (χ0) is 9.42. The number of anilines is 1. The van der Waals surface area contributed by atoms with Crippen molar-refractivity contribution in [2.45, 2.75) is 18.2 Å². The van der Waals surface area contributed by atoms with Gasteiger partial charge in [0.15, 0.2) is 0 Å². The number of hydrogen-bond acceptors (Lipinski definition) is 3. The van der Waals surface area contributed by atoms with Gasteiger partial charge in [-0.1, -0.05) is 13.0 Å². The summed E-state index contributed by atoms with van der Waals surface area (Å²) in [5.74, 6) is 0. The maximum atomic E-state index is 5.74. The van der Waals surface area contributed by atoms with Crippen LogP contribution in [-0.2, 0) is 6.42 Å². The number of fused-ring (bicyclic) bond motifs is 1. The first-order valence-electron chi connectivity index (χ1n) is 4.22. The highest BCUT2D eigenvalue weighted by Gasteiger charge is 2.05. The van der Waals surface area contributed by atoms with Crippen molar-refractivity contribution in [2.24, 2.45) is 0 Å². The van der Waals surface area contributed by atoms with Gasteiger partial charge in [-0.05, 0) is 24.1 Å². The van der Waals surface area contributed by atoms with Gasteiger partial charge in [-0.25, -0.2) is 0 Å². The molecular weight excluding hydrogens is 198 g/mol. The van der Waals surface area contributed by atoms with E-state index in [1.807, 2.05) is 6.07 Å². The van der Waals surface area contributed by atoms with Crippen LogP contribution >= 0.6 is 24.0 Å². The molecule has 0 aliphatic rings. The molecule has 0 saturated carbocycles. The van der Waals surface area contributed by atoms with Gasteiger partial charge in [0.1, 0.15) is 0 Å². The molecule has 2 N–H and O–H groups in total. The molecule has 68 valence electrons. The predicted octanol–water partition coefficient (Wildman–Crippen LogP) is 3.33. The fourth-order valence-electron chi connectivity index (χ4n) is 1.45. The minimum Gasteiger partial charge on any atom is -0.391 e. The van der Waals surface area contributed by atoms with E-state index in [2.05, 4.69) is 31.7 Å². The Kier molecular flexibility index (Phi) is 2.22. The highest BCUT2D eigenvalue weighted by molar-refractivity contribution is 7.80. The van der Waals surface area contributed by atoms with Crippen molar-refractivity contribution >= 4 is 39.1 Å². The summed E-state index contributed by atoms with van der Waals surface area (Å²) in [6.45, 7) is 2.14. The Morgan fingerprint density at radius 2 is 2.23 bits per heavy atom. The lowest BCUT2D eigenvalue weighted by Gasteiger charge is -2.01. The number of thiophene rings is 1. The summed E-state index contributed by atoms with van der Waals surface area (Å²) in [7, 11) is 0. The van der Waals surface area contributed by atoms with Crippen LogP contribution in [0.3, 0.4) is 0 Å². The van der Waals surface area contributed by atoms with E-state index in [0.717, 1.165) is 16.3 Å². The van der Waals surface area contributed by atoms with Gasteiger partial charge < -0.3 is 5.73 Å². The number of aryl methyl sites for hydroxylation is 1. The van der Waals surface area contributed by atoms with Crippen LogP contribution in [0.4, 0.5) is 5.00 Å². The predicted molar refractivity (Wildman–Crippen MR) is 62.9 cm³/mol. The summed E-state index contributed by atoms with van der Waals surface area (Å²) in [5, 5.41) is 2.05. The van der Waals surface area contributed by atoms with E-state index in [1.54, 1.807) is 11.3 Å². The molecule has 1 aromatic carbocycles. The Labute approximate surface area is 87.0 Å². The molecule has 0 fully saturated rings. The summed E-state index contributed by atoms with van der Waals surface area (Å²) in [5.41, 5.74) is 7.02. The van der Waals surface area contributed by atoms with Crippen molar-refractivity contribution in [1.82, 2.24) is 0 Å². The van der Waals surface area contributed by atoms with Crippen LogP contribution in [0.15, 0.2) is 23.1 Å². The molecule has 3 heteroatoms. The number of nitrogen functional groups attached to an aromatic ring is 1. The first-order chi connectivity index (χ1) is 6.22. The first kappa shape index (κ1) is 8.91. The normalized spacial score (nSPS) is 10.9. The second-order valence-electron chi connectivity index (χ2n) is 2.99. The average molecular weight is 209 g/mol. The highest BCUT2D eigenvalue weighted by Crippen LogP contribution is 2.33. The molecule has 1 aromatic heterocycles. The van der Waals surface area contributed by atoms with E-state index in [4.69, 9.17) is 5.73 Å². The topological polar surface area (TPSA) is 26.0 Å². The fourth-order valence-corrected chi connectivity index (χ4v) is 2.78. The van der Waals surface area contributed by atoms with Crippen LogP contribution in [0.25, 0.3) is 10.1 Å². The van der Waals surface area contributed by atoms with Crippen molar-refractivity contribution in [2.75, 3.05) is 5.73 Å². The van der Waals surface area contributed by atoms with E-state index in [-0.39, 0.29) is 0 Å². The lowest BCUT2D eigenvalue weighted by Crippen LogP contribution is -1.82. The van der Waals surface area contributed by atoms with Crippen LogP contribution in [0.1, 0.15) is 12.5 Å². The standard InChI is InChI=1S/C10H11NS2/c1-2-6-3-4-8-7(10(6)12)5-9(11)13-8/h3-5,12H,2,11H2,1H3. The van der Waals surface area contributed by atoms with E-state index >= 15 is 0 Å². The van der Waals surface area contributed by atoms with E-state index in [0.29, 0.717) is 0 Å². The molecule has 2 rings (SSSR count). The third kappa shape index (κ3) is 1.42. The molecule has 0 amide bonds. The van der Waals surface area contributed by atoms with Crippen molar-refractivity contribution in [3.05, 3.63) is 23.8 Å². The molecule has 1 nitrogen and oxygen atoms in total. The van der Waals surface area contributed by atoms with Gasteiger partial charge in [-0.3, -0.25) is 0 Å². The van der Waals surface area contributed by atoms with Crippen LogP contribution in [0.2, 0.25) is 0 Å². The first-order valence-corrected chi connectivity index (χ1v) is 5.48. The number of hydrogen-bond donors (Lipinski definition) is 2. The molecule has 0 radical (unpaired) electrons. The second kappa shape index (κ2) is 3.24. The monoisotopic (exact) mass is 209 g/mol. The van der Waals surface area contributed by atoms with Gasteiger partial charge in [0.25, 0.3) is 0 Å². The van der Waals surface area contributed by atoms with E-state index in [9.17, 15) is 0 Å². The SMILES string of the molecule is CCc1ccc2sc(N)cc2c1S. The zero-order valence-corrected chi connectivity index (χ0v) is 9.08. The summed E-state index contributed by atoms with van der Waals surface area (Å²) in [4.78, 5) is 1.08. The molecule has 0 spiro atoms. The zero-order valence-electron chi connectivity index (χ0n) is 7.37. The molecule has 13 heavy (non-hydrogen) atoms. The Hall–Kier alpha value is -0.670. The minimum absolute atomic E-state index is 0.860. The molecule has 0 aliphatic carbocycles. The van der Waals surface area contributed by atoms with Gasteiger partial charge in [0, 0.05) is 15.0 Å². The molecule has 0 bridgehead atoms. The number of benzene rings is 1. The van der Waals surface area contributed by atoms with E-state index < -0.39 is 0 Å². The largest absolute Gasteiger partial charge is 0.391 e. The van der Waals surface area contributed by atoms with Crippen LogP contribution < -0.4 is 5.73 Å². The molecule has 0 atom stereocenters.